The van der Waals surface area contributed by atoms with Crippen LogP contribution in [-0.2, 0) is 14.3 Å². The molecule has 1 N–H and O–H groups in total. The van der Waals surface area contributed by atoms with Crippen molar-refractivity contribution < 1.29 is 23.9 Å². The minimum absolute atomic E-state index is 0.0817. The summed E-state index contributed by atoms with van der Waals surface area (Å²) in [6, 6.07) is 5.44. The van der Waals surface area contributed by atoms with E-state index in [0.29, 0.717) is 5.65 Å². The van der Waals surface area contributed by atoms with Gasteiger partial charge in [-0.15, -0.1) is 0 Å². The molecule has 116 valence electrons. The molecule has 0 spiro atoms. The van der Waals surface area contributed by atoms with Gasteiger partial charge in [-0.25, -0.2) is 14.6 Å². The molecule has 0 fully saturated rings. The van der Waals surface area contributed by atoms with Crippen molar-refractivity contribution in [2.24, 2.45) is 0 Å². The fourth-order valence-corrected chi connectivity index (χ4v) is 1.77. The predicted molar refractivity (Wildman–Crippen MR) is 75.4 cm³/mol. The van der Waals surface area contributed by atoms with Crippen molar-refractivity contribution in [2.45, 2.75) is 13.8 Å². The third-order valence-corrected chi connectivity index (χ3v) is 2.76. The van der Waals surface area contributed by atoms with Gasteiger partial charge in [0.25, 0.3) is 5.91 Å². The number of nitrogens with zero attached hydrogens (tertiary/aromatic N) is 2. The number of nitrogens with one attached hydrogen (secondary N) is 1. The van der Waals surface area contributed by atoms with Crippen LogP contribution < -0.4 is 5.32 Å². The highest BCUT2D eigenvalue weighted by molar-refractivity contribution is 5.95. The summed E-state index contributed by atoms with van der Waals surface area (Å²) in [6.45, 7) is 3.02. The molecule has 0 bridgehead atoms. The van der Waals surface area contributed by atoms with Crippen molar-refractivity contribution >= 4 is 23.6 Å². The van der Waals surface area contributed by atoms with Gasteiger partial charge in [0.1, 0.15) is 5.65 Å². The first-order chi connectivity index (χ1) is 10.5. The van der Waals surface area contributed by atoms with Gasteiger partial charge in [-0.2, -0.15) is 0 Å². The zero-order chi connectivity index (χ0) is 16.1. The van der Waals surface area contributed by atoms with E-state index in [-0.39, 0.29) is 12.3 Å². The Morgan fingerprint density at radius 2 is 2.05 bits per heavy atom. The van der Waals surface area contributed by atoms with Gasteiger partial charge in [0, 0.05) is 11.9 Å². The molecule has 2 aromatic heterocycles. The number of ether oxygens (including phenoxy) is 2. The van der Waals surface area contributed by atoms with E-state index in [1.54, 1.807) is 17.4 Å². The topological polar surface area (TPSA) is 99.0 Å². The third kappa shape index (κ3) is 3.60. The molecule has 8 nitrogen and oxygen atoms in total. The molecule has 2 amide bonds. The monoisotopic (exact) mass is 305 g/mol. The molecule has 0 aliphatic heterocycles. The number of imidazole rings is 1. The van der Waals surface area contributed by atoms with Crippen molar-refractivity contribution in [3.05, 3.63) is 35.8 Å². The van der Waals surface area contributed by atoms with Crippen LogP contribution in [0.5, 0.6) is 0 Å². The maximum atomic E-state index is 11.8. The lowest BCUT2D eigenvalue weighted by Crippen LogP contribution is -2.34. The average molecular weight is 305 g/mol. The van der Waals surface area contributed by atoms with Crippen LogP contribution in [0.3, 0.4) is 0 Å². The number of carbonyl (C=O) groups excluding carboxylic acids is 3. The summed E-state index contributed by atoms with van der Waals surface area (Å²) >= 11 is 0. The van der Waals surface area contributed by atoms with Gasteiger partial charge in [-0.1, -0.05) is 6.07 Å². The minimum atomic E-state index is -0.882. The van der Waals surface area contributed by atoms with Crippen molar-refractivity contribution in [2.75, 3.05) is 13.2 Å². The summed E-state index contributed by atoms with van der Waals surface area (Å²) < 4.78 is 11.1. The molecule has 2 heterocycles. The second kappa shape index (κ2) is 6.70. The van der Waals surface area contributed by atoms with E-state index in [1.165, 1.54) is 6.20 Å². The lowest BCUT2D eigenvalue weighted by atomic mass is 10.4. The van der Waals surface area contributed by atoms with E-state index in [9.17, 15) is 14.4 Å². The second-order valence-electron chi connectivity index (χ2n) is 4.37. The summed E-state index contributed by atoms with van der Waals surface area (Å²) in [6.07, 6.45) is 0.642. The van der Waals surface area contributed by atoms with Gasteiger partial charge in [0.2, 0.25) is 0 Å². The van der Waals surface area contributed by atoms with Crippen LogP contribution in [0.4, 0.5) is 4.79 Å². The summed E-state index contributed by atoms with van der Waals surface area (Å²) in [4.78, 5) is 38.3. The molecule has 2 aromatic rings. The Morgan fingerprint density at radius 1 is 1.27 bits per heavy atom. The summed E-state index contributed by atoms with van der Waals surface area (Å²) in [5, 5.41) is 1.92. The zero-order valence-corrected chi connectivity index (χ0v) is 12.2. The lowest BCUT2D eigenvalue weighted by Gasteiger charge is -2.04. The van der Waals surface area contributed by atoms with Crippen molar-refractivity contribution in [1.82, 2.24) is 14.7 Å². The van der Waals surface area contributed by atoms with Gasteiger partial charge >= 0.3 is 12.1 Å². The van der Waals surface area contributed by atoms with E-state index in [0.717, 1.165) is 5.69 Å². The van der Waals surface area contributed by atoms with Crippen LogP contribution in [0.2, 0.25) is 0 Å². The molecule has 0 aliphatic carbocycles. The number of carbonyl (C=O) groups is 3. The largest absolute Gasteiger partial charge is 0.451 e. The molecule has 8 heteroatoms. The SMILES string of the molecule is CCOC(=O)NC(=O)COC(=O)c1cn2c(C)cccc2n1. The van der Waals surface area contributed by atoms with Crippen LogP contribution in [0, 0.1) is 6.92 Å². The number of pyridine rings is 1. The number of imide groups is 1. The molecular weight excluding hydrogens is 290 g/mol. The first-order valence-corrected chi connectivity index (χ1v) is 6.59. The van der Waals surface area contributed by atoms with Crippen LogP contribution in [0.15, 0.2) is 24.4 Å². The van der Waals surface area contributed by atoms with Crippen LogP contribution >= 0.6 is 0 Å². The Bertz CT molecular complexity index is 722. The Hall–Kier alpha value is -2.90. The van der Waals surface area contributed by atoms with E-state index >= 15 is 0 Å². The lowest BCUT2D eigenvalue weighted by molar-refractivity contribution is -0.123. The number of aryl methyl sites for hydroxylation is 1. The van der Waals surface area contributed by atoms with E-state index < -0.39 is 24.6 Å². The molecule has 2 rings (SSSR count). The average Bonchev–Trinajstić information content (AvgIpc) is 2.90. The van der Waals surface area contributed by atoms with Crippen molar-refractivity contribution in [3.8, 4) is 0 Å². The highest BCUT2D eigenvalue weighted by atomic mass is 16.6. The molecule has 0 atom stereocenters. The second-order valence-corrected chi connectivity index (χ2v) is 4.37. The molecular formula is C14H15N3O5. The normalized spacial score (nSPS) is 10.3. The van der Waals surface area contributed by atoms with Crippen LogP contribution in [-0.4, -0.2) is 40.6 Å². The molecule has 0 saturated heterocycles. The first kappa shape index (κ1) is 15.5. The number of esters is 1. The smallest absolute Gasteiger partial charge is 0.413 e. The summed E-state index contributed by atoms with van der Waals surface area (Å²) in [5.74, 6) is -1.52. The number of hydrogen-bond donors (Lipinski definition) is 1. The molecule has 0 saturated carbocycles. The number of amides is 2. The number of aromatic nitrogens is 2. The van der Waals surface area contributed by atoms with Crippen LogP contribution in [0.1, 0.15) is 23.1 Å². The Morgan fingerprint density at radius 3 is 2.73 bits per heavy atom. The number of hydrogen-bond acceptors (Lipinski definition) is 6. The van der Waals surface area contributed by atoms with Gasteiger partial charge in [0.05, 0.1) is 6.61 Å². The standard InChI is InChI=1S/C14H15N3O5/c1-3-21-14(20)16-12(18)8-22-13(19)10-7-17-9(2)5-4-6-11(17)15-10/h4-7H,3,8H2,1-2H3,(H,16,18,20). The maximum Gasteiger partial charge on any atom is 0.413 e. The quantitative estimate of drug-likeness (QED) is 0.848. The molecule has 0 aliphatic rings. The zero-order valence-electron chi connectivity index (χ0n) is 12.2. The van der Waals surface area contributed by atoms with Gasteiger partial charge in [0.15, 0.2) is 12.3 Å². The molecule has 22 heavy (non-hydrogen) atoms. The summed E-state index contributed by atoms with van der Waals surface area (Å²) in [5.41, 5.74) is 1.59. The van der Waals surface area contributed by atoms with Gasteiger partial charge < -0.3 is 13.9 Å². The highest BCUT2D eigenvalue weighted by Gasteiger charge is 2.16. The van der Waals surface area contributed by atoms with E-state index in [2.05, 4.69) is 9.72 Å². The first-order valence-electron chi connectivity index (χ1n) is 6.59. The van der Waals surface area contributed by atoms with Gasteiger partial charge in [-0.05, 0) is 26.0 Å². The maximum absolute atomic E-state index is 11.8. The van der Waals surface area contributed by atoms with Crippen molar-refractivity contribution in [3.63, 3.8) is 0 Å². The Balaban J connectivity index is 1.95. The van der Waals surface area contributed by atoms with Gasteiger partial charge in [-0.3, -0.25) is 10.1 Å². The van der Waals surface area contributed by atoms with E-state index in [1.807, 2.05) is 24.4 Å². The Kier molecular flexibility index (Phi) is 4.72. The molecule has 0 radical (unpaired) electrons. The fraction of sp³-hybridized carbons (Fsp3) is 0.286. The number of rotatable bonds is 4. The fourth-order valence-electron chi connectivity index (χ4n) is 1.77. The Labute approximate surface area is 126 Å². The summed E-state index contributed by atoms with van der Waals surface area (Å²) in [7, 11) is 0. The number of alkyl carbamates (subject to hydrolysis) is 1. The van der Waals surface area contributed by atoms with Crippen molar-refractivity contribution in [1.29, 1.82) is 0 Å². The van der Waals surface area contributed by atoms with E-state index in [4.69, 9.17) is 4.74 Å². The molecule has 0 unspecified atom stereocenters. The minimum Gasteiger partial charge on any atom is -0.451 e. The molecule has 0 aromatic carbocycles. The highest BCUT2D eigenvalue weighted by Crippen LogP contribution is 2.09. The number of fused-ring (bicyclic) bond motifs is 1. The van der Waals surface area contributed by atoms with Crippen LogP contribution in [0.25, 0.3) is 5.65 Å². The predicted octanol–water partition coefficient (Wildman–Crippen LogP) is 1.07. The third-order valence-electron chi connectivity index (χ3n) is 2.76.